The fourth-order valence-corrected chi connectivity index (χ4v) is 4.65. The van der Waals surface area contributed by atoms with E-state index in [2.05, 4.69) is 50.6 Å². The lowest BCUT2D eigenvalue weighted by molar-refractivity contribution is -0.120. The van der Waals surface area contributed by atoms with Crippen molar-refractivity contribution >= 4 is 22.5 Å². The molecule has 1 saturated carbocycles. The SMILES string of the molecule is CN(C(=O)C1(c2ccc3c(c2)OCO3)CC1)c1ccc2c(c1)cc(C(C)(C)C)n2C. The van der Waals surface area contributed by atoms with E-state index in [4.69, 9.17) is 9.47 Å². The van der Waals surface area contributed by atoms with Crippen molar-refractivity contribution in [3.05, 3.63) is 53.7 Å². The maximum Gasteiger partial charge on any atom is 0.237 e. The highest BCUT2D eigenvalue weighted by molar-refractivity contribution is 6.04. The van der Waals surface area contributed by atoms with E-state index in [1.807, 2.05) is 31.3 Å². The third-order valence-corrected chi connectivity index (χ3v) is 6.57. The molecule has 5 nitrogen and oxygen atoms in total. The number of carbonyl (C=O) groups is 1. The number of likely N-dealkylation sites (N-methyl/N-ethyl adjacent to an activating group) is 1. The van der Waals surface area contributed by atoms with Gasteiger partial charge in [0.25, 0.3) is 0 Å². The van der Waals surface area contributed by atoms with Crippen LogP contribution in [-0.4, -0.2) is 24.3 Å². The normalized spacial score (nSPS) is 16.7. The molecule has 0 spiro atoms. The molecular formula is C25H28N2O3. The van der Waals surface area contributed by atoms with E-state index in [1.165, 1.54) is 11.2 Å². The number of hydrogen-bond acceptors (Lipinski definition) is 3. The minimum absolute atomic E-state index is 0.0626. The highest BCUT2D eigenvalue weighted by Crippen LogP contribution is 2.52. The molecule has 1 fully saturated rings. The maximum absolute atomic E-state index is 13.5. The minimum Gasteiger partial charge on any atom is -0.454 e. The van der Waals surface area contributed by atoms with E-state index < -0.39 is 5.41 Å². The van der Waals surface area contributed by atoms with Crippen LogP contribution in [0.4, 0.5) is 5.69 Å². The van der Waals surface area contributed by atoms with E-state index >= 15 is 0 Å². The molecule has 156 valence electrons. The molecule has 0 bridgehead atoms. The summed E-state index contributed by atoms with van der Waals surface area (Å²) in [6, 6.07) is 14.4. The Hall–Kier alpha value is -2.95. The van der Waals surface area contributed by atoms with Gasteiger partial charge in [0.15, 0.2) is 11.5 Å². The Labute approximate surface area is 177 Å². The minimum atomic E-state index is -0.460. The van der Waals surface area contributed by atoms with Crippen molar-refractivity contribution in [2.75, 3.05) is 18.7 Å². The summed E-state index contributed by atoms with van der Waals surface area (Å²) in [6.07, 6.45) is 1.72. The Balaban J connectivity index is 1.47. The zero-order valence-electron chi connectivity index (χ0n) is 18.3. The first kappa shape index (κ1) is 19.0. The lowest BCUT2D eigenvalue weighted by atomic mass is 9.92. The van der Waals surface area contributed by atoms with E-state index in [0.29, 0.717) is 0 Å². The molecule has 0 saturated heterocycles. The predicted molar refractivity (Wildman–Crippen MR) is 119 cm³/mol. The highest BCUT2D eigenvalue weighted by atomic mass is 16.7. The summed E-state index contributed by atoms with van der Waals surface area (Å²) >= 11 is 0. The van der Waals surface area contributed by atoms with Crippen LogP contribution in [0, 0.1) is 0 Å². The van der Waals surface area contributed by atoms with Gasteiger partial charge in [0.1, 0.15) is 0 Å². The van der Waals surface area contributed by atoms with Gasteiger partial charge in [-0.3, -0.25) is 4.79 Å². The molecule has 1 amide bonds. The van der Waals surface area contributed by atoms with Gasteiger partial charge in [0.2, 0.25) is 12.7 Å². The van der Waals surface area contributed by atoms with Gasteiger partial charge >= 0.3 is 0 Å². The summed E-state index contributed by atoms with van der Waals surface area (Å²) in [7, 11) is 3.99. The number of rotatable bonds is 3. The highest BCUT2D eigenvalue weighted by Gasteiger charge is 2.53. The second-order valence-electron chi connectivity index (χ2n) is 9.60. The van der Waals surface area contributed by atoms with Crippen molar-refractivity contribution in [2.45, 2.75) is 44.4 Å². The van der Waals surface area contributed by atoms with Crippen LogP contribution in [0.1, 0.15) is 44.9 Å². The van der Waals surface area contributed by atoms with Gasteiger partial charge in [0.05, 0.1) is 5.41 Å². The number of carbonyl (C=O) groups excluding carboxylic acids is 1. The Morgan fingerprint density at radius 3 is 2.47 bits per heavy atom. The fraction of sp³-hybridized carbons (Fsp3) is 0.400. The van der Waals surface area contributed by atoms with Crippen LogP contribution < -0.4 is 14.4 Å². The lowest BCUT2D eigenvalue weighted by Crippen LogP contribution is -2.36. The topological polar surface area (TPSA) is 43.7 Å². The zero-order chi connectivity index (χ0) is 21.3. The second-order valence-corrected chi connectivity index (χ2v) is 9.60. The molecule has 2 heterocycles. The summed E-state index contributed by atoms with van der Waals surface area (Å²) in [4.78, 5) is 15.4. The number of nitrogens with zero attached hydrogens (tertiary/aromatic N) is 2. The number of amides is 1. The van der Waals surface area contributed by atoms with Crippen LogP contribution in [-0.2, 0) is 22.7 Å². The fourth-order valence-electron chi connectivity index (χ4n) is 4.65. The van der Waals surface area contributed by atoms with Crippen molar-refractivity contribution in [1.82, 2.24) is 4.57 Å². The monoisotopic (exact) mass is 404 g/mol. The number of benzene rings is 2. The molecule has 3 aromatic rings. The number of fused-ring (bicyclic) bond motifs is 2. The molecule has 0 N–H and O–H groups in total. The lowest BCUT2D eigenvalue weighted by Gasteiger charge is -2.24. The third kappa shape index (κ3) is 2.79. The number of ether oxygens (including phenoxy) is 2. The quantitative estimate of drug-likeness (QED) is 0.624. The number of anilines is 1. The number of aromatic nitrogens is 1. The smallest absolute Gasteiger partial charge is 0.237 e. The van der Waals surface area contributed by atoms with E-state index in [1.54, 1.807) is 4.90 Å². The molecule has 5 rings (SSSR count). The molecular weight excluding hydrogens is 376 g/mol. The molecule has 1 aromatic heterocycles. The molecule has 30 heavy (non-hydrogen) atoms. The van der Waals surface area contributed by atoms with Crippen molar-refractivity contribution < 1.29 is 14.3 Å². The Morgan fingerprint density at radius 2 is 1.77 bits per heavy atom. The Kier molecular flexibility index (Phi) is 3.98. The van der Waals surface area contributed by atoms with Crippen LogP contribution >= 0.6 is 0 Å². The predicted octanol–water partition coefficient (Wildman–Crippen LogP) is 4.90. The van der Waals surface area contributed by atoms with Crippen LogP contribution in [0.25, 0.3) is 10.9 Å². The van der Waals surface area contributed by atoms with Gasteiger partial charge < -0.3 is 18.9 Å². The van der Waals surface area contributed by atoms with Gasteiger partial charge in [-0.2, -0.15) is 0 Å². The first-order chi connectivity index (χ1) is 14.2. The summed E-state index contributed by atoms with van der Waals surface area (Å²) < 4.78 is 13.2. The Bertz CT molecular complexity index is 1170. The van der Waals surface area contributed by atoms with Crippen LogP contribution in [0.5, 0.6) is 11.5 Å². The van der Waals surface area contributed by atoms with Crippen molar-refractivity contribution in [3.63, 3.8) is 0 Å². The standard InChI is InChI=1S/C25H28N2O3/c1-24(2,3)22-13-16-12-18(7-8-19(16)27(22)5)26(4)23(28)25(10-11-25)17-6-9-20-21(14-17)30-15-29-20/h6-9,12-14H,10-11,15H2,1-5H3. The average Bonchev–Trinajstić information content (AvgIpc) is 3.26. The molecule has 1 aliphatic carbocycles. The van der Waals surface area contributed by atoms with Gasteiger partial charge in [-0.15, -0.1) is 0 Å². The summed E-state index contributed by atoms with van der Waals surface area (Å²) in [5, 5.41) is 1.16. The summed E-state index contributed by atoms with van der Waals surface area (Å²) in [5.41, 5.74) is 4.00. The molecule has 1 aliphatic heterocycles. The van der Waals surface area contributed by atoms with Crippen LogP contribution in [0.15, 0.2) is 42.5 Å². The second kappa shape index (κ2) is 6.27. The average molecular weight is 405 g/mol. The largest absolute Gasteiger partial charge is 0.454 e. The number of aryl methyl sites for hydroxylation is 1. The molecule has 2 aliphatic rings. The van der Waals surface area contributed by atoms with E-state index in [-0.39, 0.29) is 18.1 Å². The molecule has 0 unspecified atom stereocenters. The van der Waals surface area contributed by atoms with E-state index in [9.17, 15) is 4.79 Å². The first-order valence-corrected chi connectivity index (χ1v) is 10.5. The number of hydrogen-bond donors (Lipinski definition) is 0. The van der Waals surface area contributed by atoms with Crippen molar-refractivity contribution in [1.29, 1.82) is 0 Å². The molecule has 2 aromatic carbocycles. The van der Waals surface area contributed by atoms with Gasteiger partial charge in [-0.05, 0) is 54.8 Å². The van der Waals surface area contributed by atoms with Crippen LogP contribution in [0.2, 0.25) is 0 Å². The summed E-state index contributed by atoms with van der Waals surface area (Å²) in [6.45, 7) is 6.91. The molecule has 0 atom stereocenters. The van der Waals surface area contributed by atoms with E-state index in [0.717, 1.165) is 41.0 Å². The molecule has 0 radical (unpaired) electrons. The van der Waals surface area contributed by atoms with Crippen molar-refractivity contribution in [3.8, 4) is 11.5 Å². The summed E-state index contributed by atoms with van der Waals surface area (Å²) in [5.74, 6) is 1.61. The van der Waals surface area contributed by atoms with Crippen molar-refractivity contribution in [2.24, 2.45) is 7.05 Å². The van der Waals surface area contributed by atoms with Crippen LogP contribution in [0.3, 0.4) is 0 Å². The zero-order valence-corrected chi connectivity index (χ0v) is 18.3. The maximum atomic E-state index is 13.5. The Morgan fingerprint density at radius 1 is 1.03 bits per heavy atom. The molecule has 5 heteroatoms. The van der Waals surface area contributed by atoms with Gasteiger partial charge in [-0.25, -0.2) is 0 Å². The third-order valence-electron chi connectivity index (χ3n) is 6.57. The first-order valence-electron chi connectivity index (χ1n) is 10.5. The van der Waals surface area contributed by atoms with Gasteiger partial charge in [0, 0.05) is 41.8 Å². The van der Waals surface area contributed by atoms with Gasteiger partial charge in [-0.1, -0.05) is 26.8 Å².